The molecule has 0 bridgehead atoms. The molecule has 0 heteroatoms. The van der Waals surface area contributed by atoms with Gasteiger partial charge in [-0.1, -0.05) is 44.0 Å². The zero-order valence-corrected chi connectivity index (χ0v) is 6.34. The van der Waals surface area contributed by atoms with E-state index >= 15 is 0 Å². The summed E-state index contributed by atoms with van der Waals surface area (Å²) < 4.78 is 0. The largest absolute Gasteiger partial charge is 0.106 e. The van der Waals surface area contributed by atoms with Crippen LogP contribution in [0.2, 0.25) is 0 Å². The highest BCUT2D eigenvalue weighted by Gasteiger charge is 1.70. The van der Waals surface area contributed by atoms with Crippen molar-refractivity contribution in [2.45, 2.75) is 0 Å². The Labute approximate surface area is 63.6 Å². The van der Waals surface area contributed by atoms with Crippen LogP contribution in [0.3, 0.4) is 0 Å². The van der Waals surface area contributed by atoms with Crippen molar-refractivity contribution in [3.05, 3.63) is 62.8 Å². The molecule has 0 aromatic rings. The molecule has 0 atom stereocenters. The molecule has 0 heterocycles. The zero-order chi connectivity index (χ0) is 8.41. The van der Waals surface area contributed by atoms with E-state index in [-0.39, 0.29) is 0 Å². The number of hydrogen-bond acceptors (Lipinski definition) is 0. The van der Waals surface area contributed by atoms with E-state index in [1.807, 2.05) is 12.2 Å². The molecule has 10 heavy (non-hydrogen) atoms. The Balaban J connectivity index is 0. The van der Waals surface area contributed by atoms with Crippen molar-refractivity contribution in [2.75, 3.05) is 0 Å². The number of hydrogen-bond donors (Lipinski definition) is 0. The monoisotopic (exact) mass is 134 g/mol. The van der Waals surface area contributed by atoms with E-state index in [4.69, 9.17) is 0 Å². The predicted octanol–water partition coefficient (Wildman–Crippen LogP) is 3.27. The van der Waals surface area contributed by atoms with Crippen LogP contribution in [-0.2, 0) is 0 Å². The smallest absolute Gasteiger partial charge is 0.0335 e. The van der Waals surface area contributed by atoms with Gasteiger partial charge in [-0.05, 0) is 5.57 Å². The van der Waals surface area contributed by atoms with Gasteiger partial charge in [-0.2, -0.15) is 0 Å². The third-order valence-corrected chi connectivity index (χ3v) is 0.709. The molecule has 0 aliphatic rings. The van der Waals surface area contributed by atoms with E-state index < -0.39 is 0 Å². The van der Waals surface area contributed by atoms with Gasteiger partial charge in [0.1, 0.15) is 0 Å². The van der Waals surface area contributed by atoms with Crippen molar-refractivity contribution in [1.82, 2.24) is 0 Å². The van der Waals surface area contributed by atoms with E-state index in [0.29, 0.717) is 0 Å². The van der Waals surface area contributed by atoms with Gasteiger partial charge < -0.3 is 0 Å². The number of rotatable bonds is 3. The van der Waals surface area contributed by atoms with E-state index in [1.165, 1.54) is 0 Å². The molecular weight excluding hydrogens is 120 g/mol. The summed E-state index contributed by atoms with van der Waals surface area (Å²) in [5.74, 6) is 0. The standard InChI is InChI=1S/C8H10.C2H4/c1-4-6-7-8(3)5-2;1-2/h4-7H,1-3H2;1-2H2/b7-6+;. The van der Waals surface area contributed by atoms with Crippen molar-refractivity contribution < 1.29 is 0 Å². The lowest BCUT2D eigenvalue weighted by molar-refractivity contribution is 1.76. The Morgan fingerprint density at radius 1 is 1.10 bits per heavy atom. The first-order chi connectivity index (χ1) is 4.81. The fourth-order valence-electron chi connectivity index (χ4n) is 0.260. The summed E-state index contributed by atoms with van der Waals surface area (Å²) in [7, 11) is 0. The molecule has 0 saturated carbocycles. The first-order valence-corrected chi connectivity index (χ1v) is 2.91. The maximum atomic E-state index is 3.66. The van der Waals surface area contributed by atoms with Crippen molar-refractivity contribution >= 4 is 0 Å². The van der Waals surface area contributed by atoms with E-state index in [2.05, 4.69) is 32.9 Å². The lowest BCUT2D eigenvalue weighted by Gasteiger charge is -1.80. The van der Waals surface area contributed by atoms with Crippen molar-refractivity contribution in [2.24, 2.45) is 0 Å². The van der Waals surface area contributed by atoms with Crippen LogP contribution in [0.1, 0.15) is 0 Å². The summed E-state index contributed by atoms with van der Waals surface area (Å²) in [5.41, 5.74) is 0.907. The Morgan fingerprint density at radius 3 is 1.90 bits per heavy atom. The quantitative estimate of drug-likeness (QED) is 0.410. The molecule has 0 aromatic heterocycles. The predicted molar refractivity (Wildman–Crippen MR) is 49.9 cm³/mol. The van der Waals surface area contributed by atoms with E-state index in [1.54, 1.807) is 12.2 Å². The van der Waals surface area contributed by atoms with Crippen LogP contribution in [0.25, 0.3) is 0 Å². The number of allylic oxidation sites excluding steroid dienone is 5. The summed E-state index contributed by atoms with van der Waals surface area (Å²) in [6.45, 7) is 16.7. The average molecular weight is 134 g/mol. The van der Waals surface area contributed by atoms with Gasteiger partial charge in [0.15, 0.2) is 0 Å². The topological polar surface area (TPSA) is 0 Å². The Morgan fingerprint density at radius 2 is 1.60 bits per heavy atom. The fraction of sp³-hybridized carbons (Fsp3) is 0. The molecule has 0 aliphatic carbocycles. The van der Waals surface area contributed by atoms with Gasteiger partial charge in [0.25, 0.3) is 0 Å². The van der Waals surface area contributed by atoms with Crippen LogP contribution in [0, 0.1) is 0 Å². The van der Waals surface area contributed by atoms with Crippen LogP contribution in [0.15, 0.2) is 62.8 Å². The summed E-state index contributed by atoms with van der Waals surface area (Å²) in [5, 5.41) is 0. The Kier molecular flexibility index (Phi) is 12.2. The van der Waals surface area contributed by atoms with Crippen molar-refractivity contribution in [3.8, 4) is 0 Å². The SMILES string of the molecule is C=C.C=C/C=C/C(=C)C=C. The molecule has 0 unspecified atom stereocenters. The van der Waals surface area contributed by atoms with Crippen LogP contribution in [-0.4, -0.2) is 0 Å². The third-order valence-electron chi connectivity index (χ3n) is 0.709. The highest BCUT2D eigenvalue weighted by molar-refractivity contribution is 5.27. The highest BCUT2D eigenvalue weighted by atomic mass is 13.8. The molecule has 0 aromatic carbocycles. The lowest BCUT2D eigenvalue weighted by Crippen LogP contribution is -1.59. The molecule has 0 rings (SSSR count). The molecule has 0 fully saturated rings. The third kappa shape index (κ3) is 9.85. The van der Waals surface area contributed by atoms with E-state index in [9.17, 15) is 0 Å². The van der Waals surface area contributed by atoms with Crippen LogP contribution in [0.4, 0.5) is 0 Å². The van der Waals surface area contributed by atoms with E-state index in [0.717, 1.165) is 5.57 Å². The van der Waals surface area contributed by atoms with Crippen LogP contribution in [0.5, 0.6) is 0 Å². The Hall–Kier alpha value is -1.30. The minimum atomic E-state index is 0.907. The molecule has 0 nitrogen and oxygen atoms in total. The minimum Gasteiger partial charge on any atom is -0.106 e. The molecular formula is C10H14. The van der Waals surface area contributed by atoms with Gasteiger partial charge in [0.2, 0.25) is 0 Å². The summed E-state index contributed by atoms with van der Waals surface area (Å²) in [4.78, 5) is 0. The second-order valence-corrected chi connectivity index (χ2v) is 1.37. The molecule has 0 amide bonds. The lowest BCUT2D eigenvalue weighted by atomic mass is 10.3. The fourth-order valence-corrected chi connectivity index (χ4v) is 0.260. The summed E-state index contributed by atoms with van der Waals surface area (Å²) in [6.07, 6.45) is 7.07. The maximum Gasteiger partial charge on any atom is -0.0335 e. The summed E-state index contributed by atoms with van der Waals surface area (Å²) in [6, 6.07) is 0. The van der Waals surface area contributed by atoms with Crippen molar-refractivity contribution in [1.29, 1.82) is 0 Å². The first-order valence-electron chi connectivity index (χ1n) is 2.91. The van der Waals surface area contributed by atoms with Gasteiger partial charge in [-0.15, -0.1) is 13.2 Å². The minimum absolute atomic E-state index is 0.907. The van der Waals surface area contributed by atoms with Gasteiger partial charge in [-0.25, -0.2) is 0 Å². The normalized spacial score (nSPS) is 7.60. The second-order valence-electron chi connectivity index (χ2n) is 1.37. The molecule has 0 saturated heterocycles. The molecule has 0 spiro atoms. The van der Waals surface area contributed by atoms with Crippen LogP contribution < -0.4 is 0 Å². The van der Waals surface area contributed by atoms with Gasteiger partial charge in [0, 0.05) is 0 Å². The van der Waals surface area contributed by atoms with Gasteiger partial charge >= 0.3 is 0 Å². The molecule has 0 N–H and O–H groups in total. The highest BCUT2D eigenvalue weighted by Crippen LogP contribution is 1.91. The first kappa shape index (κ1) is 11.5. The molecule has 0 radical (unpaired) electrons. The average Bonchev–Trinajstić information content (AvgIpc) is 2.04. The summed E-state index contributed by atoms with van der Waals surface area (Å²) >= 11 is 0. The van der Waals surface area contributed by atoms with Gasteiger partial charge in [0.05, 0.1) is 0 Å². The molecule has 54 valence electrons. The Bertz CT molecular complexity index is 138. The van der Waals surface area contributed by atoms with Crippen molar-refractivity contribution in [3.63, 3.8) is 0 Å². The maximum absolute atomic E-state index is 3.66. The molecule has 0 aliphatic heterocycles. The van der Waals surface area contributed by atoms with Gasteiger partial charge in [-0.3, -0.25) is 0 Å². The van der Waals surface area contributed by atoms with Crippen LogP contribution >= 0.6 is 0 Å². The second kappa shape index (κ2) is 10.6. The zero-order valence-electron chi connectivity index (χ0n) is 6.34.